The molecule has 0 aliphatic carbocycles. The molecule has 1 saturated heterocycles. The fourth-order valence-electron chi connectivity index (χ4n) is 4.63. The molecule has 3 heterocycles. The maximum atomic E-state index is 4.96. The Balaban J connectivity index is 1.52. The van der Waals surface area contributed by atoms with Gasteiger partial charge in [0.25, 0.3) is 0 Å². The van der Waals surface area contributed by atoms with Crippen LogP contribution in [0.15, 0.2) is 64.8 Å². The summed E-state index contributed by atoms with van der Waals surface area (Å²) in [5.74, 6) is 0.870. The average Bonchev–Trinajstić information content (AvgIpc) is 3.47. The van der Waals surface area contributed by atoms with Gasteiger partial charge in [0, 0.05) is 58.8 Å². The van der Waals surface area contributed by atoms with Gasteiger partial charge < -0.3 is 9.88 Å². The second-order valence-corrected chi connectivity index (χ2v) is 9.80. The van der Waals surface area contributed by atoms with Crippen LogP contribution in [0, 0.1) is 5.92 Å². The van der Waals surface area contributed by atoms with Crippen molar-refractivity contribution in [2.75, 3.05) is 18.0 Å². The summed E-state index contributed by atoms with van der Waals surface area (Å²) in [4.78, 5) is 11.1. The zero-order valence-corrected chi connectivity index (χ0v) is 20.3. The van der Waals surface area contributed by atoms with E-state index in [2.05, 4.69) is 77.5 Å². The third kappa shape index (κ3) is 5.60. The average molecular weight is 446 g/mol. The molecular formula is C28H35N3S. The number of nitrogens with one attached hydrogen (secondary N) is 1. The van der Waals surface area contributed by atoms with Crippen molar-refractivity contribution in [3.05, 3.63) is 71.1 Å². The van der Waals surface area contributed by atoms with Gasteiger partial charge in [-0.25, -0.2) is 0 Å². The first-order valence-electron chi connectivity index (χ1n) is 11.9. The van der Waals surface area contributed by atoms with Crippen LogP contribution >= 0.6 is 11.3 Å². The molecule has 2 aromatic heterocycles. The van der Waals surface area contributed by atoms with Gasteiger partial charge in [0.15, 0.2) is 0 Å². The molecule has 1 aliphatic rings. The zero-order valence-electron chi connectivity index (χ0n) is 19.4. The number of aliphatic imine (C=N–C) groups is 1. The number of hydrogen-bond donors (Lipinski definition) is 1. The summed E-state index contributed by atoms with van der Waals surface area (Å²) in [6, 6.07) is 13.2. The predicted molar refractivity (Wildman–Crippen MR) is 141 cm³/mol. The molecule has 0 saturated carbocycles. The van der Waals surface area contributed by atoms with Crippen LogP contribution in [-0.2, 0) is 6.42 Å². The topological polar surface area (TPSA) is 31.4 Å². The van der Waals surface area contributed by atoms with Gasteiger partial charge in [0.1, 0.15) is 0 Å². The first-order valence-corrected chi connectivity index (χ1v) is 12.8. The van der Waals surface area contributed by atoms with E-state index in [1.807, 2.05) is 6.08 Å². The van der Waals surface area contributed by atoms with Gasteiger partial charge in [0.05, 0.1) is 5.69 Å². The number of anilines is 1. The van der Waals surface area contributed by atoms with Crippen LogP contribution in [0.25, 0.3) is 11.3 Å². The van der Waals surface area contributed by atoms with Crippen molar-refractivity contribution >= 4 is 28.4 Å². The largest absolute Gasteiger partial charge is 0.372 e. The van der Waals surface area contributed by atoms with Crippen LogP contribution in [0.1, 0.15) is 57.2 Å². The standard InChI is InChI=1S/C28H35N3S/c1-4-8-27-26(19-28(30-27)23-15-18-32-20-23)22(3)29-24-11-13-25(14-12-24)31-16-6-5-9-21(2)10-7-17-31/h4,11-15,18-21,30H,1,5-10,16-17H2,2-3H3. The summed E-state index contributed by atoms with van der Waals surface area (Å²) in [6.45, 7) is 10.7. The minimum Gasteiger partial charge on any atom is -0.372 e. The number of nitrogens with zero attached hydrogens (tertiary/aromatic N) is 2. The predicted octanol–water partition coefficient (Wildman–Crippen LogP) is 8.02. The molecule has 0 bridgehead atoms. The quantitative estimate of drug-likeness (QED) is 0.302. The molecule has 32 heavy (non-hydrogen) atoms. The van der Waals surface area contributed by atoms with Crippen LogP contribution in [0.3, 0.4) is 0 Å². The monoisotopic (exact) mass is 445 g/mol. The lowest BCUT2D eigenvalue weighted by atomic mass is 10.00. The Morgan fingerprint density at radius 3 is 2.69 bits per heavy atom. The Morgan fingerprint density at radius 2 is 1.94 bits per heavy atom. The molecule has 4 rings (SSSR count). The van der Waals surface area contributed by atoms with Crippen molar-refractivity contribution in [2.45, 2.75) is 52.4 Å². The van der Waals surface area contributed by atoms with Gasteiger partial charge in [-0.05, 0) is 73.9 Å². The Bertz CT molecular complexity index is 1030. The third-order valence-electron chi connectivity index (χ3n) is 6.48. The Morgan fingerprint density at radius 1 is 1.16 bits per heavy atom. The minimum absolute atomic E-state index is 0.804. The smallest absolute Gasteiger partial charge is 0.0634 e. The highest BCUT2D eigenvalue weighted by atomic mass is 32.1. The molecule has 0 amide bonds. The molecule has 0 radical (unpaired) electrons. The van der Waals surface area contributed by atoms with Crippen LogP contribution in [0.4, 0.5) is 11.4 Å². The number of H-pyrrole nitrogens is 1. The fourth-order valence-corrected chi connectivity index (χ4v) is 5.29. The molecule has 1 fully saturated rings. The molecule has 1 aromatic carbocycles. The van der Waals surface area contributed by atoms with Crippen molar-refractivity contribution in [2.24, 2.45) is 10.9 Å². The van der Waals surface area contributed by atoms with Gasteiger partial charge in [0.2, 0.25) is 0 Å². The van der Waals surface area contributed by atoms with Crippen LogP contribution < -0.4 is 4.90 Å². The Labute approximate surface area is 196 Å². The Hall–Kier alpha value is -2.59. The lowest BCUT2D eigenvalue weighted by Crippen LogP contribution is -2.25. The third-order valence-corrected chi connectivity index (χ3v) is 7.16. The SMILES string of the molecule is C=CCc1[nH]c(-c2ccsc2)cc1C(C)=Nc1ccc(N2CCCCC(C)CCC2)cc1. The highest BCUT2D eigenvalue weighted by Crippen LogP contribution is 2.27. The van der Waals surface area contributed by atoms with Crippen molar-refractivity contribution in [1.29, 1.82) is 0 Å². The van der Waals surface area contributed by atoms with E-state index in [0.29, 0.717) is 0 Å². The number of allylic oxidation sites excluding steroid dienone is 1. The van der Waals surface area contributed by atoms with Gasteiger partial charge >= 0.3 is 0 Å². The molecule has 1 N–H and O–H groups in total. The number of rotatable bonds is 6. The normalized spacial score (nSPS) is 18.1. The lowest BCUT2D eigenvalue weighted by molar-refractivity contribution is 0.471. The number of aromatic amines is 1. The second kappa shape index (κ2) is 10.8. The van der Waals surface area contributed by atoms with Crippen molar-refractivity contribution in [3.63, 3.8) is 0 Å². The van der Waals surface area contributed by atoms with Crippen LogP contribution in [0.5, 0.6) is 0 Å². The van der Waals surface area contributed by atoms with Gasteiger partial charge in [-0.1, -0.05) is 25.8 Å². The molecular weight excluding hydrogens is 410 g/mol. The number of aromatic nitrogens is 1. The summed E-state index contributed by atoms with van der Waals surface area (Å²) in [5.41, 5.74) is 8.07. The number of benzene rings is 1. The highest BCUT2D eigenvalue weighted by Gasteiger charge is 2.13. The summed E-state index contributed by atoms with van der Waals surface area (Å²) >= 11 is 1.72. The summed E-state index contributed by atoms with van der Waals surface area (Å²) in [7, 11) is 0. The fraction of sp³-hybridized carbons (Fsp3) is 0.393. The van der Waals surface area contributed by atoms with Gasteiger partial charge in [-0.3, -0.25) is 4.99 Å². The van der Waals surface area contributed by atoms with Crippen molar-refractivity contribution in [1.82, 2.24) is 4.98 Å². The lowest BCUT2D eigenvalue weighted by Gasteiger charge is -2.24. The summed E-state index contributed by atoms with van der Waals surface area (Å²) < 4.78 is 0. The van der Waals surface area contributed by atoms with Gasteiger partial charge in [-0.2, -0.15) is 11.3 Å². The van der Waals surface area contributed by atoms with Crippen molar-refractivity contribution in [3.8, 4) is 11.3 Å². The Kier molecular flexibility index (Phi) is 7.64. The molecule has 168 valence electrons. The van der Waals surface area contributed by atoms with E-state index < -0.39 is 0 Å². The van der Waals surface area contributed by atoms with Crippen LogP contribution in [-0.4, -0.2) is 23.8 Å². The number of thiophene rings is 1. The zero-order chi connectivity index (χ0) is 22.3. The number of hydrogen-bond acceptors (Lipinski definition) is 3. The molecule has 3 aromatic rings. The molecule has 1 aliphatic heterocycles. The first-order chi connectivity index (χ1) is 15.6. The van der Waals surface area contributed by atoms with E-state index in [1.165, 1.54) is 54.6 Å². The molecule has 1 unspecified atom stereocenters. The van der Waals surface area contributed by atoms with Crippen molar-refractivity contribution < 1.29 is 0 Å². The van der Waals surface area contributed by atoms with E-state index >= 15 is 0 Å². The van der Waals surface area contributed by atoms with E-state index in [4.69, 9.17) is 4.99 Å². The maximum absolute atomic E-state index is 4.96. The summed E-state index contributed by atoms with van der Waals surface area (Å²) in [5, 5.41) is 4.28. The molecule has 1 atom stereocenters. The first kappa shape index (κ1) is 22.6. The maximum Gasteiger partial charge on any atom is 0.0634 e. The molecule has 3 nitrogen and oxygen atoms in total. The molecule has 4 heteroatoms. The molecule has 0 spiro atoms. The van der Waals surface area contributed by atoms with E-state index in [9.17, 15) is 0 Å². The summed E-state index contributed by atoms with van der Waals surface area (Å²) in [6.07, 6.45) is 9.38. The van der Waals surface area contributed by atoms with Gasteiger partial charge in [-0.15, -0.1) is 6.58 Å². The van der Waals surface area contributed by atoms with E-state index in [1.54, 1.807) is 11.3 Å². The van der Waals surface area contributed by atoms with E-state index in [0.717, 1.165) is 42.5 Å². The van der Waals surface area contributed by atoms with Crippen LogP contribution in [0.2, 0.25) is 0 Å². The van der Waals surface area contributed by atoms with E-state index in [-0.39, 0.29) is 0 Å². The highest BCUT2D eigenvalue weighted by molar-refractivity contribution is 7.08. The second-order valence-electron chi connectivity index (χ2n) is 9.02. The minimum atomic E-state index is 0.804.